The molecule has 2 aliphatic carbocycles. The van der Waals surface area contributed by atoms with Crippen LogP contribution in [0.4, 0.5) is 0 Å². The van der Waals surface area contributed by atoms with Crippen molar-refractivity contribution in [2.75, 3.05) is 6.61 Å². The van der Waals surface area contributed by atoms with Crippen molar-refractivity contribution < 1.29 is 9.53 Å². The first-order valence-corrected chi connectivity index (χ1v) is 8.43. The Morgan fingerprint density at radius 2 is 1.95 bits per heavy atom. The van der Waals surface area contributed by atoms with E-state index in [2.05, 4.69) is 19.2 Å². The minimum Gasteiger partial charge on any atom is -0.378 e. The van der Waals surface area contributed by atoms with Gasteiger partial charge in [0.15, 0.2) is 0 Å². The largest absolute Gasteiger partial charge is 0.378 e. The lowest BCUT2D eigenvalue weighted by molar-refractivity contribution is -0.171. The fourth-order valence-electron chi connectivity index (χ4n) is 3.81. The van der Waals surface area contributed by atoms with E-state index < -0.39 is 5.54 Å². The fourth-order valence-corrected chi connectivity index (χ4v) is 3.81. The predicted molar refractivity (Wildman–Crippen MR) is 84.8 cm³/mol. The predicted octanol–water partition coefficient (Wildman–Crippen LogP) is 2.46. The Bertz CT molecular complexity index is 396. The maximum absolute atomic E-state index is 12.7. The molecule has 0 aromatic carbocycles. The molecule has 0 bridgehead atoms. The van der Waals surface area contributed by atoms with E-state index in [0.717, 1.165) is 18.8 Å². The minimum absolute atomic E-state index is 0.00945. The number of rotatable bonds is 4. The topological polar surface area (TPSA) is 64.3 Å². The Morgan fingerprint density at radius 3 is 2.48 bits per heavy atom. The van der Waals surface area contributed by atoms with Gasteiger partial charge in [-0.3, -0.25) is 4.79 Å². The van der Waals surface area contributed by atoms with Crippen LogP contribution >= 0.6 is 0 Å². The van der Waals surface area contributed by atoms with Gasteiger partial charge in [-0.25, -0.2) is 0 Å². The summed E-state index contributed by atoms with van der Waals surface area (Å²) in [5, 5.41) is 3.21. The van der Waals surface area contributed by atoms with Gasteiger partial charge in [0, 0.05) is 24.5 Å². The van der Waals surface area contributed by atoms with Crippen LogP contribution in [0.15, 0.2) is 0 Å². The fraction of sp³-hybridized carbons (Fsp3) is 0.941. The summed E-state index contributed by atoms with van der Waals surface area (Å²) in [5.41, 5.74) is 5.33. The zero-order valence-electron chi connectivity index (χ0n) is 14.2. The molecule has 0 radical (unpaired) electrons. The molecule has 4 nitrogen and oxygen atoms in total. The SMILES string of the molecule is CCOC1CC(N)(C(=O)NC2CCC(C)C(C)C2)C1(C)C. The van der Waals surface area contributed by atoms with Crippen LogP contribution in [0.25, 0.3) is 0 Å². The molecule has 2 rings (SSSR count). The summed E-state index contributed by atoms with van der Waals surface area (Å²) < 4.78 is 5.70. The van der Waals surface area contributed by atoms with Crippen molar-refractivity contribution in [3.63, 3.8) is 0 Å². The average molecular weight is 296 g/mol. The second kappa shape index (κ2) is 5.88. The highest BCUT2D eigenvalue weighted by atomic mass is 16.5. The van der Waals surface area contributed by atoms with Crippen molar-refractivity contribution in [3.8, 4) is 0 Å². The summed E-state index contributed by atoms with van der Waals surface area (Å²) in [6, 6.07) is 0.283. The molecule has 2 aliphatic rings. The second-order valence-electron chi connectivity index (χ2n) is 7.78. The van der Waals surface area contributed by atoms with Crippen LogP contribution in [-0.4, -0.2) is 30.2 Å². The van der Waals surface area contributed by atoms with Gasteiger partial charge in [0.25, 0.3) is 0 Å². The van der Waals surface area contributed by atoms with Crippen LogP contribution in [0, 0.1) is 17.3 Å². The summed E-state index contributed by atoms with van der Waals surface area (Å²) in [6.45, 7) is 11.3. The molecule has 2 fully saturated rings. The van der Waals surface area contributed by atoms with Crippen LogP contribution in [0.1, 0.15) is 60.3 Å². The molecule has 21 heavy (non-hydrogen) atoms. The molecule has 4 heteroatoms. The Kier molecular flexibility index (Phi) is 4.69. The molecule has 2 saturated carbocycles. The van der Waals surface area contributed by atoms with E-state index in [1.54, 1.807) is 0 Å². The number of hydrogen-bond acceptors (Lipinski definition) is 3. The molecule has 3 N–H and O–H groups in total. The number of nitrogens with one attached hydrogen (secondary N) is 1. The van der Waals surface area contributed by atoms with Crippen molar-refractivity contribution in [2.24, 2.45) is 23.0 Å². The zero-order chi connectivity index (χ0) is 15.8. The molecule has 0 aromatic heterocycles. The normalized spacial score (nSPS) is 42.2. The molecule has 0 aromatic rings. The smallest absolute Gasteiger partial charge is 0.241 e. The van der Waals surface area contributed by atoms with Crippen molar-refractivity contribution in [1.82, 2.24) is 5.32 Å². The summed E-state index contributed by atoms with van der Waals surface area (Å²) in [4.78, 5) is 12.7. The summed E-state index contributed by atoms with van der Waals surface area (Å²) in [5.74, 6) is 1.44. The van der Waals surface area contributed by atoms with Gasteiger partial charge in [-0.15, -0.1) is 0 Å². The van der Waals surface area contributed by atoms with E-state index in [1.165, 1.54) is 6.42 Å². The summed E-state index contributed by atoms with van der Waals surface area (Å²) in [7, 11) is 0. The first kappa shape index (κ1) is 16.8. The van der Waals surface area contributed by atoms with Crippen molar-refractivity contribution in [2.45, 2.75) is 78.0 Å². The Labute approximate surface area is 129 Å². The number of carbonyl (C=O) groups is 1. The third-order valence-corrected chi connectivity index (χ3v) is 6.17. The summed E-state index contributed by atoms with van der Waals surface area (Å²) >= 11 is 0. The lowest BCUT2D eigenvalue weighted by Crippen LogP contribution is -2.76. The van der Waals surface area contributed by atoms with E-state index in [0.29, 0.717) is 18.9 Å². The summed E-state index contributed by atoms with van der Waals surface area (Å²) in [6.07, 6.45) is 4.04. The van der Waals surface area contributed by atoms with E-state index in [9.17, 15) is 4.79 Å². The van der Waals surface area contributed by atoms with Gasteiger partial charge < -0.3 is 15.8 Å². The van der Waals surface area contributed by atoms with E-state index in [4.69, 9.17) is 10.5 Å². The first-order chi connectivity index (χ1) is 9.72. The van der Waals surface area contributed by atoms with Crippen LogP contribution in [0.5, 0.6) is 0 Å². The van der Waals surface area contributed by atoms with Crippen molar-refractivity contribution >= 4 is 5.91 Å². The van der Waals surface area contributed by atoms with Gasteiger partial charge in [0.1, 0.15) is 5.54 Å². The number of hydrogen-bond donors (Lipinski definition) is 2. The lowest BCUT2D eigenvalue weighted by atomic mass is 9.54. The molecule has 122 valence electrons. The third kappa shape index (κ3) is 2.85. The number of nitrogens with two attached hydrogens (primary N) is 1. The molecule has 0 aliphatic heterocycles. The number of carbonyl (C=O) groups excluding carboxylic acids is 1. The molecule has 5 unspecified atom stereocenters. The van der Waals surface area contributed by atoms with Crippen LogP contribution in [0.3, 0.4) is 0 Å². The molecule has 0 spiro atoms. The maximum Gasteiger partial charge on any atom is 0.241 e. The number of ether oxygens (including phenoxy) is 1. The van der Waals surface area contributed by atoms with Gasteiger partial charge in [-0.1, -0.05) is 27.7 Å². The van der Waals surface area contributed by atoms with Gasteiger partial charge in [0.2, 0.25) is 5.91 Å². The third-order valence-electron chi connectivity index (χ3n) is 6.17. The van der Waals surface area contributed by atoms with Crippen molar-refractivity contribution in [1.29, 1.82) is 0 Å². The van der Waals surface area contributed by atoms with E-state index in [-0.39, 0.29) is 23.5 Å². The Balaban J connectivity index is 1.95. The first-order valence-electron chi connectivity index (χ1n) is 8.43. The number of amides is 1. The average Bonchev–Trinajstić information content (AvgIpc) is 2.42. The Morgan fingerprint density at radius 1 is 1.29 bits per heavy atom. The highest BCUT2D eigenvalue weighted by molar-refractivity contribution is 5.89. The zero-order valence-corrected chi connectivity index (χ0v) is 14.2. The van der Waals surface area contributed by atoms with Crippen molar-refractivity contribution in [3.05, 3.63) is 0 Å². The quantitative estimate of drug-likeness (QED) is 0.837. The second-order valence-corrected chi connectivity index (χ2v) is 7.78. The van der Waals surface area contributed by atoms with Crippen LogP contribution in [0.2, 0.25) is 0 Å². The van der Waals surface area contributed by atoms with E-state index in [1.807, 2.05) is 20.8 Å². The van der Waals surface area contributed by atoms with Gasteiger partial charge in [-0.05, 0) is 38.0 Å². The Hall–Kier alpha value is -0.610. The van der Waals surface area contributed by atoms with Gasteiger partial charge >= 0.3 is 0 Å². The van der Waals surface area contributed by atoms with Gasteiger partial charge in [0.05, 0.1) is 6.10 Å². The highest BCUT2D eigenvalue weighted by Crippen LogP contribution is 2.50. The monoisotopic (exact) mass is 296 g/mol. The minimum atomic E-state index is -0.793. The maximum atomic E-state index is 12.7. The molecular weight excluding hydrogens is 264 g/mol. The van der Waals surface area contributed by atoms with E-state index >= 15 is 0 Å². The van der Waals surface area contributed by atoms with Crippen LogP contribution < -0.4 is 11.1 Å². The van der Waals surface area contributed by atoms with Gasteiger partial charge in [-0.2, -0.15) is 0 Å². The molecular formula is C17H32N2O2. The molecule has 0 saturated heterocycles. The lowest BCUT2D eigenvalue weighted by Gasteiger charge is -2.58. The highest BCUT2D eigenvalue weighted by Gasteiger charge is 2.63. The standard InChI is InChI=1S/C17H32N2O2/c1-6-21-14-10-17(18,16(14,4)5)15(20)19-13-8-7-11(2)12(3)9-13/h11-14H,6-10,18H2,1-5H3,(H,19,20). The molecule has 1 amide bonds. The molecule has 5 atom stereocenters. The van der Waals surface area contributed by atoms with Crippen LogP contribution in [-0.2, 0) is 9.53 Å². The molecule has 0 heterocycles.